The first-order chi connectivity index (χ1) is 17.3. The number of amides is 1. The third-order valence-electron chi connectivity index (χ3n) is 6.39. The number of thiophene rings is 1. The van der Waals surface area contributed by atoms with Crippen LogP contribution in [0.3, 0.4) is 0 Å². The van der Waals surface area contributed by atoms with Gasteiger partial charge in [-0.1, -0.05) is 53.2 Å². The maximum Gasteiger partial charge on any atom is 0.341 e. The van der Waals surface area contributed by atoms with E-state index >= 15 is 0 Å². The lowest BCUT2D eigenvalue weighted by atomic mass is 9.88. The SMILES string of the molecule is CC1CCc2c(sc(NC(=O)c3cc(-c4ccc(Br)cc4)nc4ccccc34)c2C(=O)OC(C)C)C1. The lowest BCUT2D eigenvalue weighted by molar-refractivity contribution is 0.0378. The number of benzene rings is 2. The average Bonchev–Trinajstić information content (AvgIpc) is 3.20. The maximum atomic E-state index is 13.7. The van der Waals surface area contributed by atoms with Crippen molar-refractivity contribution in [1.82, 2.24) is 4.98 Å². The number of fused-ring (bicyclic) bond motifs is 2. The van der Waals surface area contributed by atoms with Crippen LogP contribution in [-0.2, 0) is 17.6 Å². The molecular formula is C29H27BrN2O3S. The molecule has 5 rings (SSSR count). The third kappa shape index (κ3) is 4.95. The fourth-order valence-electron chi connectivity index (χ4n) is 4.63. The predicted molar refractivity (Wildman–Crippen MR) is 149 cm³/mol. The van der Waals surface area contributed by atoms with Crippen LogP contribution in [0.25, 0.3) is 22.2 Å². The van der Waals surface area contributed by atoms with E-state index in [1.807, 2.05) is 68.4 Å². The lowest BCUT2D eigenvalue weighted by Gasteiger charge is -2.19. The van der Waals surface area contributed by atoms with E-state index in [1.54, 1.807) is 0 Å². The van der Waals surface area contributed by atoms with E-state index in [4.69, 9.17) is 9.72 Å². The Hall–Kier alpha value is -3.03. The molecule has 0 saturated carbocycles. The number of carbonyl (C=O) groups excluding carboxylic acids is 2. The van der Waals surface area contributed by atoms with Gasteiger partial charge in [-0.2, -0.15) is 0 Å². The van der Waals surface area contributed by atoms with Crippen LogP contribution in [0, 0.1) is 5.92 Å². The minimum absolute atomic E-state index is 0.239. The van der Waals surface area contributed by atoms with Crippen molar-refractivity contribution >= 4 is 55.0 Å². The molecule has 1 N–H and O–H groups in total. The van der Waals surface area contributed by atoms with Gasteiger partial charge in [0.1, 0.15) is 5.00 Å². The summed E-state index contributed by atoms with van der Waals surface area (Å²) in [4.78, 5) is 32.8. The number of halogens is 1. The van der Waals surface area contributed by atoms with Gasteiger partial charge in [0, 0.05) is 20.3 Å². The van der Waals surface area contributed by atoms with E-state index in [9.17, 15) is 9.59 Å². The summed E-state index contributed by atoms with van der Waals surface area (Å²) in [6.45, 7) is 5.90. The number of hydrogen-bond acceptors (Lipinski definition) is 5. The zero-order valence-corrected chi connectivity index (χ0v) is 22.8. The number of aromatic nitrogens is 1. The van der Waals surface area contributed by atoms with Gasteiger partial charge in [-0.05, 0) is 68.9 Å². The average molecular weight is 564 g/mol. The van der Waals surface area contributed by atoms with E-state index < -0.39 is 0 Å². The van der Waals surface area contributed by atoms with Gasteiger partial charge in [0.05, 0.1) is 28.4 Å². The second-order valence-corrected chi connectivity index (χ2v) is 11.6. The van der Waals surface area contributed by atoms with Crippen LogP contribution in [0.4, 0.5) is 5.00 Å². The summed E-state index contributed by atoms with van der Waals surface area (Å²) in [7, 11) is 0. The highest BCUT2D eigenvalue weighted by Gasteiger charge is 2.30. The molecule has 0 aliphatic heterocycles. The quantitative estimate of drug-likeness (QED) is 0.253. The van der Waals surface area contributed by atoms with E-state index in [1.165, 1.54) is 11.3 Å². The normalized spacial score (nSPS) is 15.1. The second-order valence-electron chi connectivity index (χ2n) is 9.54. The summed E-state index contributed by atoms with van der Waals surface area (Å²) in [5.74, 6) is -0.0917. The van der Waals surface area contributed by atoms with Crippen LogP contribution in [0.2, 0.25) is 0 Å². The third-order valence-corrected chi connectivity index (χ3v) is 8.08. The Morgan fingerprint density at radius 1 is 1.14 bits per heavy atom. The first kappa shape index (κ1) is 24.7. The van der Waals surface area contributed by atoms with E-state index in [2.05, 4.69) is 28.2 Å². The maximum absolute atomic E-state index is 13.7. The number of carbonyl (C=O) groups is 2. The van der Waals surface area contributed by atoms with Gasteiger partial charge in [0.25, 0.3) is 5.91 Å². The van der Waals surface area contributed by atoms with Crippen LogP contribution < -0.4 is 5.32 Å². The molecule has 2 aromatic carbocycles. The molecule has 0 saturated heterocycles. The number of ether oxygens (including phenoxy) is 1. The molecule has 1 atom stereocenters. The Labute approximate surface area is 223 Å². The lowest BCUT2D eigenvalue weighted by Crippen LogP contribution is -2.19. The molecule has 7 heteroatoms. The Bertz CT molecular complexity index is 1460. The molecular weight excluding hydrogens is 536 g/mol. The van der Waals surface area contributed by atoms with Gasteiger partial charge >= 0.3 is 5.97 Å². The monoisotopic (exact) mass is 562 g/mol. The van der Waals surface area contributed by atoms with Gasteiger partial charge in [-0.15, -0.1) is 11.3 Å². The van der Waals surface area contributed by atoms with Crippen LogP contribution >= 0.6 is 27.3 Å². The number of nitrogens with zero attached hydrogens (tertiary/aromatic N) is 1. The topological polar surface area (TPSA) is 68.3 Å². The van der Waals surface area contributed by atoms with Gasteiger partial charge in [-0.25, -0.2) is 9.78 Å². The molecule has 2 heterocycles. The van der Waals surface area contributed by atoms with E-state index in [0.29, 0.717) is 27.7 Å². The van der Waals surface area contributed by atoms with Gasteiger partial charge in [-0.3, -0.25) is 4.79 Å². The molecule has 0 radical (unpaired) electrons. The zero-order chi connectivity index (χ0) is 25.4. The van der Waals surface area contributed by atoms with Crippen LogP contribution in [0.15, 0.2) is 59.1 Å². The molecule has 5 nitrogen and oxygen atoms in total. The highest BCUT2D eigenvalue weighted by atomic mass is 79.9. The molecule has 1 unspecified atom stereocenters. The van der Waals surface area contributed by atoms with Crippen molar-refractivity contribution in [3.8, 4) is 11.3 Å². The Balaban J connectivity index is 1.57. The molecule has 4 aromatic rings. The molecule has 1 amide bonds. The molecule has 184 valence electrons. The van der Waals surface area contributed by atoms with Gasteiger partial charge in [0.2, 0.25) is 0 Å². The summed E-state index contributed by atoms with van der Waals surface area (Å²) in [6, 6.07) is 17.3. The fraction of sp³-hybridized carbons (Fsp3) is 0.276. The van der Waals surface area contributed by atoms with Gasteiger partial charge in [0.15, 0.2) is 0 Å². The van der Waals surface area contributed by atoms with Crippen molar-refractivity contribution in [1.29, 1.82) is 0 Å². The van der Waals surface area contributed by atoms with Crippen molar-refractivity contribution in [3.63, 3.8) is 0 Å². The summed E-state index contributed by atoms with van der Waals surface area (Å²) >= 11 is 4.97. The molecule has 2 aromatic heterocycles. The molecule has 36 heavy (non-hydrogen) atoms. The van der Waals surface area contributed by atoms with Crippen molar-refractivity contribution in [2.24, 2.45) is 5.92 Å². The number of pyridine rings is 1. The highest BCUT2D eigenvalue weighted by molar-refractivity contribution is 9.10. The van der Waals surface area contributed by atoms with E-state index in [-0.39, 0.29) is 18.0 Å². The number of esters is 1. The van der Waals surface area contributed by atoms with Crippen LogP contribution in [-0.4, -0.2) is 23.0 Å². The van der Waals surface area contributed by atoms with E-state index in [0.717, 1.165) is 50.6 Å². The molecule has 0 fully saturated rings. The Kier molecular flexibility index (Phi) is 6.95. The number of nitrogens with one attached hydrogen (secondary N) is 1. The molecule has 0 bridgehead atoms. The predicted octanol–water partition coefficient (Wildman–Crippen LogP) is 7.67. The van der Waals surface area contributed by atoms with Crippen molar-refractivity contribution in [2.75, 3.05) is 5.32 Å². The number of rotatable bonds is 5. The standard InChI is InChI=1S/C29H27BrN2O3S/c1-16(2)35-29(34)26-21-13-8-17(3)14-25(21)36-28(26)32-27(33)22-15-24(18-9-11-19(30)12-10-18)31-23-7-5-4-6-20(22)23/h4-7,9-12,15-17H,8,13-14H2,1-3H3,(H,32,33). The smallest absolute Gasteiger partial charge is 0.341 e. The number of para-hydroxylation sites is 1. The van der Waals surface area contributed by atoms with Crippen LogP contribution in [0.5, 0.6) is 0 Å². The summed E-state index contributed by atoms with van der Waals surface area (Å²) in [6.07, 6.45) is 2.50. The summed E-state index contributed by atoms with van der Waals surface area (Å²) in [5, 5.41) is 4.40. The minimum atomic E-state index is -0.373. The van der Waals surface area contributed by atoms with Crippen molar-refractivity contribution < 1.29 is 14.3 Å². The molecule has 1 aliphatic carbocycles. The minimum Gasteiger partial charge on any atom is -0.459 e. The van der Waals surface area contributed by atoms with Crippen molar-refractivity contribution in [3.05, 3.63) is 80.6 Å². The van der Waals surface area contributed by atoms with Crippen LogP contribution in [0.1, 0.15) is 58.3 Å². The fourth-order valence-corrected chi connectivity index (χ4v) is 6.29. The number of anilines is 1. The largest absolute Gasteiger partial charge is 0.459 e. The zero-order valence-electron chi connectivity index (χ0n) is 20.4. The Morgan fingerprint density at radius 3 is 2.64 bits per heavy atom. The Morgan fingerprint density at radius 2 is 1.89 bits per heavy atom. The van der Waals surface area contributed by atoms with Crippen molar-refractivity contribution in [2.45, 2.75) is 46.1 Å². The number of hydrogen-bond donors (Lipinski definition) is 1. The first-order valence-electron chi connectivity index (χ1n) is 12.1. The molecule has 0 spiro atoms. The van der Waals surface area contributed by atoms with Gasteiger partial charge < -0.3 is 10.1 Å². The summed E-state index contributed by atoms with van der Waals surface area (Å²) < 4.78 is 6.55. The first-order valence-corrected chi connectivity index (χ1v) is 13.7. The molecule has 1 aliphatic rings. The highest BCUT2D eigenvalue weighted by Crippen LogP contribution is 2.40. The second kappa shape index (κ2) is 10.1. The summed E-state index contributed by atoms with van der Waals surface area (Å²) in [5.41, 5.74) is 4.41.